The van der Waals surface area contributed by atoms with Crippen molar-refractivity contribution in [3.05, 3.63) is 45.9 Å². The summed E-state index contributed by atoms with van der Waals surface area (Å²) in [6, 6.07) is 8.01. The number of imidazole rings is 1. The van der Waals surface area contributed by atoms with E-state index in [-0.39, 0.29) is 23.9 Å². The molecule has 1 saturated heterocycles. The Kier molecular flexibility index (Phi) is 11.5. The number of aromatic amines is 1. The molecule has 1 aliphatic heterocycles. The quantitative estimate of drug-likeness (QED) is 0.207. The summed E-state index contributed by atoms with van der Waals surface area (Å²) in [4.78, 5) is 40.2. The van der Waals surface area contributed by atoms with E-state index in [2.05, 4.69) is 37.7 Å². The zero-order valence-electron chi connectivity index (χ0n) is 24.0. The molecule has 3 heterocycles. The van der Waals surface area contributed by atoms with Crippen LogP contribution < -0.4 is 16.2 Å². The van der Waals surface area contributed by atoms with Gasteiger partial charge in [-0.15, -0.1) is 0 Å². The second-order valence-corrected chi connectivity index (χ2v) is 10.6. The van der Waals surface area contributed by atoms with Gasteiger partial charge in [-0.05, 0) is 56.4 Å². The van der Waals surface area contributed by atoms with Crippen molar-refractivity contribution in [3.8, 4) is 6.01 Å². The molecule has 0 aliphatic carbocycles. The highest BCUT2D eigenvalue weighted by atomic mass is 16.5. The van der Waals surface area contributed by atoms with Gasteiger partial charge in [0, 0.05) is 26.2 Å². The van der Waals surface area contributed by atoms with Gasteiger partial charge in [-0.3, -0.25) is 19.2 Å². The van der Waals surface area contributed by atoms with E-state index in [1.54, 1.807) is 4.57 Å². The molecular weight excluding hydrogens is 526 g/mol. The molecule has 1 fully saturated rings. The number of aromatic nitrogens is 4. The fourth-order valence-corrected chi connectivity index (χ4v) is 5.10. The van der Waals surface area contributed by atoms with Gasteiger partial charge in [0.2, 0.25) is 0 Å². The number of morpholine rings is 1. The Bertz CT molecular complexity index is 1320. The number of fused-ring (bicyclic) bond motifs is 1. The minimum absolute atomic E-state index is 0.0175. The third-order valence-electron chi connectivity index (χ3n) is 7.27. The number of nitrogens with one attached hydrogen (secondary N) is 1. The lowest BCUT2D eigenvalue weighted by Crippen LogP contribution is -2.38. The summed E-state index contributed by atoms with van der Waals surface area (Å²) in [7, 11) is 0. The highest BCUT2D eigenvalue weighted by Crippen LogP contribution is 2.18. The maximum absolute atomic E-state index is 12.7. The summed E-state index contributed by atoms with van der Waals surface area (Å²) in [5.41, 5.74) is 8.63. The summed E-state index contributed by atoms with van der Waals surface area (Å²) in [5, 5.41) is 9.19. The number of rotatable bonds is 17. The number of nitrogen functional groups attached to an aromatic ring is 1. The first-order valence-corrected chi connectivity index (χ1v) is 14.6. The van der Waals surface area contributed by atoms with E-state index in [4.69, 9.17) is 15.2 Å². The lowest BCUT2D eigenvalue weighted by molar-refractivity contribution is -0.136. The Morgan fingerprint density at radius 1 is 1.12 bits per heavy atom. The Labute approximate surface area is 240 Å². The molecule has 4 N–H and O–H groups in total. The van der Waals surface area contributed by atoms with Crippen LogP contribution >= 0.6 is 0 Å². The van der Waals surface area contributed by atoms with Gasteiger partial charge in [0.1, 0.15) is 5.52 Å². The molecule has 41 heavy (non-hydrogen) atoms. The molecule has 1 aliphatic rings. The Morgan fingerprint density at radius 2 is 1.90 bits per heavy atom. The van der Waals surface area contributed by atoms with Gasteiger partial charge in [-0.1, -0.05) is 37.6 Å². The SMILES string of the molecule is CCCCOc1nc(N)c2[nH]c(=O)n(CCCCN(CCCN3CCOCC3)Cc3cccc(CC(=O)O)c3)c2n1. The number of aryl methyl sites for hydroxylation is 1. The van der Waals surface area contributed by atoms with E-state index in [1.807, 2.05) is 18.2 Å². The number of carbonyl (C=O) groups is 1. The van der Waals surface area contributed by atoms with Crippen LogP contribution in [-0.4, -0.2) is 92.9 Å². The first-order chi connectivity index (χ1) is 19.9. The van der Waals surface area contributed by atoms with Crippen molar-refractivity contribution >= 4 is 23.0 Å². The highest BCUT2D eigenvalue weighted by Gasteiger charge is 2.16. The smallest absolute Gasteiger partial charge is 0.327 e. The Hall–Kier alpha value is -3.48. The second-order valence-electron chi connectivity index (χ2n) is 10.6. The minimum atomic E-state index is -0.830. The molecule has 0 unspecified atom stereocenters. The molecule has 3 aromatic rings. The standard InChI is InChI=1S/C29H43N7O5/c1-2-3-16-41-28-32-26(30)25-27(33-28)36(29(39)31-25)13-5-4-10-35(12-7-11-34-14-17-40-18-15-34)21-23-9-6-8-22(19-23)20-24(37)38/h6,8-9,19H,2-5,7,10-18,20-21H2,1H3,(H,31,39)(H,37,38)(H2,30,32,33). The van der Waals surface area contributed by atoms with E-state index in [9.17, 15) is 14.7 Å². The van der Waals surface area contributed by atoms with Gasteiger partial charge in [0.15, 0.2) is 11.5 Å². The fraction of sp³-hybridized carbons (Fsp3) is 0.586. The highest BCUT2D eigenvalue weighted by molar-refractivity contribution is 5.81. The molecule has 4 rings (SSSR count). The van der Waals surface area contributed by atoms with Crippen molar-refractivity contribution in [1.82, 2.24) is 29.3 Å². The molecule has 12 nitrogen and oxygen atoms in total. The number of hydrogen-bond donors (Lipinski definition) is 3. The number of ether oxygens (including phenoxy) is 2. The molecular formula is C29H43N7O5. The first kappa shape index (κ1) is 30.5. The predicted octanol–water partition coefficient (Wildman–Crippen LogP) is 2.51. The van der Waals surface area contributed by atoms with E-state index < -0.39 is 5.97 Å². The maximum atomic E-state index is 12.7. The minimum Gasteiger partial charge on any atom is -0.481 e. The maximum Gasteiger partial charge on any atom is 0.327 e. The third kappa shape index (κ3) is 9.27. The van der Waals surface area contributed by atoms with Crippen LogP contribution in [-0.2, 0) is 29.0 Å². The third-order valence-corrected chi connectivity index (χ3v) is 7.27. The average Bonchev–Trinajstić information content (AvgIpc) is 3.27. The summed E-state index contributed by atoms with van der Waals surface area (Å²) in [6.45, 7) is 10.1. The topological polar surface area (TPSA) is 152 Å². The number of benzene rings is 1. The van der Waals surface area contributed by atoms with E-state index in [0.717, 1.165) is 95.7 Å². The Morgan fingerprint density at radius 3 is 2.68 bits per heavy atom. The number of anilines is 1. The largest absolute Gasteiger partial charge is 0.481 e. The fourth-order valence-electron chi connectivity index (χ4n) is 5.10. The van der Waals surface area contributed by atoms with Gasteiger partial charge >= 0.3 is 17.7 Å². The van der Waals surface area contributed by atoms with Crippen molar-refractivity contribution in [1.29, 1.82) is 0 Å². The van der Waals surface area contributed by atoms with Crippen molar-refractivity contribution in [2.24, 2.45) is 0 Å². The van der Waals surface area contributed by atoms with Crippen LogP contribution in [0.25, 0.3) is 11.2 Å². The van der Waals surface area contributed by atoms with Gasteiger partial charge in [-0.2, -0.15) is 9.97 Å². The van der Waals surface area contributed by atoms with Gasteiger partial charge in [0.25, 0.3) is 0 Å². The number of nitrogens with zero attached hydrogens (tertiary/aromatic N) is 5. The molecule has 224 valence electrons. The first-order valence-electron chi connectivity index (χ1n) is 14.6. The lowest BCUT2D eigenvalue weighted by Gasteiger charge is -2.28. The number of hydrogen-bond acceptors (Lipinski definition) is 9. The van der Waals surface area contributed by atoms with E-state index in [0.29, 0.717) is 24.3 Å². The van der Waals surface area contributed by atoms with Crippen LogP contribution in [0.3, 0.4) is 0 Å². The van der Waals surface area contributed by atoms with Crippen LogP contribution in [0.15, 0.2) is 29.1 Å². The summed E-state index contributed by atoms with van der Waals surface area (Å²) in [5.74, 6) is -0.627. The van der Waals surface area contributed by atoms with Gasteiger partial charge in [0.05, 0.1) is 26.2 Å². The molecule has 2 aromatic heterocycles. The predicted molar refractivity (Wildman–Crippen MR) is 157 cm³/mol. The molecule has 12 heteroatoms. The monoisotopic (exact) mass is 569 g/mol. The molecule has 0 saturated carbocycles. The van der Waals surface area contributed by atoms with Crippen LogP contribution in [0.4, 0.5) is 5.82 Å². The van der Waals surface area contributed by atoms with Crippen LogP contribution in [0, 0.1) is 0 Å². The van der Waals surface area contributed by atoms with Crippen LogP contribution in [0.5, 0.6) is 6.01 Å². The summed E-state index contributed by atoms with van der Waals surface area (Å²) < 4.78 is 12.7. The number of unbranched alkanes of at least 4 members (excludes halogenated alkanes) is 2. The summed E-state index contributed by atoms with van der Waals surface area (Å²) >= 11 is 0. The number of nitrogens with two attached hydrogens (primary N) is 1. The van der Waals surface area contributed by atoms with Crippen molar-refractivity contribution in [3.63, 3.8) is 0 Å². The molecule has 1 aromatic carbocycles. The molecule has 0 spiro atoms. The number of aliphatic carboxylic acids is 1. The van der Waals surface area contributed by atoms with Crippen molar-refractivity contribution in [2.45, 2.75) is 58.5 Å². The normalized spacial score (nSPS) is 14.2. The number of carboxylic acids is 1. The lowest BCUT2D eigenvalue weighted by atomic mass is 10.1. The van der Waals surface area contributed by atoms with Gasteiger partial charge < -0.3 is 25.3 Å². The van der Waals surface area contributed by atoms with E-state index in [1.165, 1.54) is 0 Å². The van der Waals surface area contributed by atoms with Crippen molar-refractivity contribution < 1.29 is 19.4 Å². The number of carboxylic acid groups (broad SMARTS) is 1. The van der Waals surface area contributed by atoms with Crippen LogP contribution in [0.1, 0.15) is 50.2 Å². The number of H-pyrrole nitrogens is 1. The Balaban J connectivity index is 1.37. The zero-order valence-corrected chi connectivity index (χ0v) is 24.0. The van der Waals surface area contributed by atoms with E-state index >= 15 is 0 Å². The van der Waals surface area contributed by atoms with Crippen molar-refractivity contribution in [2.75, 3.05) is 58.3 Å². The second kappa shape index (κ2) is 15.5. The molecule has 0 bridgehead atoms. The molecule has 0 amide bonds. The van der Waals surface area contributed by atoms with Gasteiger partial charge in [-0.25, -0.2) is 4.79 Å². The average molecular weight is 570 g/mol. The molecule has 0 atom stereocenters. The molecule has 0 radical (unpaired) electrons. The summed E-state index contributed by atoms with van der Waals surface area (Å²) in [6.07, 6.45) is 4.59. The zero-order chi connectivity index (χ0) is 29.0. The van der Waals surface area contributed by atoms with Crippen LogP contribution in [0.2, 0.25) is 0 Å².